The number of aryl methyl sites for hydroxylation is 1. The fourth-order valence-electron chi connectivity index (χ4n) is 2.38. The lowest BCUT2D eigenvalue weighted by atomic mass is 10.1. The molecule has 3 nitrogen and oxygen atoms in total. The summed E-state index contributed by atoms with van der Waals surface area (Å²) < 4.78 is 1.65. The van der Waals surface area contributed by atoms with E-state index in [0.717, 1.165) is 5.56 Å². The van der Waals surface area contributed by atoms with Gasteiger partial charge in [-0.05, 0) is 18.6 Å². The van der Waals surface area contributed by atoms with Gasteiger partial charge in [-0.2, -0.15) is 5.26 Å². The molecule has 0 saturated heterocycles. The van der Waals surface area contributed by atoms with E-state index in [-0.39, 0.29) is 0 Å². The number of rotatable bonds is 2. The van der Waals surface area contributed by atoms with E-state index in [0.29, 0.717) is 33.5 Å². The standard InChI is InChI=1S/C16H11Cl2N3/c1-10-3-2-4-11(5-10)6-14-15(8-19)21-9-12(17)7-13(18)16(21)20-14/h2-5,7,9H,6H2,1H3. The number of nitriles is 1. The molecule has 0 aliphatic rings. The molecule has 0 spiro atoms. The Bertz CT molecular complexity index is 875. The molecule has 3 rings (SSSR count). The fraction of sp³-hybridized carbons (Fsp3) is 0.125. The van der Waals surface area contributed by atoms with Gasteiger partial charge in [0, 0.05) is 12.6 Å². The smallest absolute Gasteiger partial charge is 0.157 e. The number of hydrogen-bond donors (Lipinski definition) is 0. The molecule has 0 fully saturated rings. The Morgan fingerprint density at radius 2 is 2.10 bits per heavy atom. The summed E-state index contributed by atoms with van der Waals surface area (Å²) in [5.74, 6) is 0. The molecule has 0 N–H and O–H groups in total. The third-order valence-electron chi connectivity index (χ3n) is 3.27. The molecule has 104 valence electrons. The number of pyridine rings is 1. The minimum absolute atomic E-state index is 0.439. The molecular formula is C16H11Cl2N3. The Morgan fingerprint density at radius 3 is 2.81 bits per heavy atom. The van der Waals surface area contributed by atoms with Crippen molar-refractivity contribution in [1.29, 1.82) is 5.26 Å². The molecule has 0 radical (unpaired) electrons. The van der Waals surface area contributed by atoms with Gasteiger partial charge in [0.25, 0.3) is 0 Å². The second-order valence-electron chi connectivity index (χ2n) is 4.88. The highest BCUT2D eigenvalue weighted by Crippen LogP contribution is 2.25. The van der Waals surface area contributed by atoms with Crippen LogP contribution in [0.15, 0.2) is 36.5 Å². The van der Waals surface area contributed by atoms with Crippen molar-refractivity contribution in [2.24, 2.45) is 0 Å². The van der Waals surface area contributed by atoms with Crippen LogP contribution in [0.4, 0.5) is 0 Å². The first kappa shape index (κ1) is 13.9. The van der Waals surface area contributed by atoms with Crippen LogP contribution in [0.3, 0.4) is 0 Å². The first-order chi connectivity index (χ1) is 10.1. The summed E-state index contributed by atoms with van der Waals surface area (Å²) in [4.78, 5) is 4.50. The summed E-state index contributed by atoms with van der Waals surface area (Å²) in [6.07, 6.45) is 2.24. The van der Waals surface area contributed by atoms with Gasteiger partial charge in [-0.25, -0.2) is 4.98 Å². The summed E-state index contributed by atoms with van der Waals surface area (Å²) in [5, 5.41) is 10.3. The predicted octanol–water partition coefficient (Wildman–Crippen LogP) is 4.41. The summed E-state index contributed by atoms with van der Waals surface area (Å²) in [5.41, 5.74) is 4.01. The molecule has 0 bridgehead atoms. The maximum atomic E-state index is 9.42. The summed E-state index contributed by atoms with van der Waals surface area (Å²) >= 11 is 12.2. The number of hydrogen-bond acceptors (Lipinski definition) is 2. The average molecular weight is 316 g/mol. The summed E-state index contributed by atoms with van der Waals surface area (Å²) in [6, 6.07) is 12.0. The number of nitrogens with zero attached hydrogens (tertiary/aromatic N) is 3. The Morgan fingerprint density at radius 1 is 1.29 bits per heavy atom. The fourth-order valence-corrected chi connectivity index (χ4v) is 2.89. The minimum Gasteiger partial charge on any atom is -0.288 e. The molecule has 0 unspecified atom stereocenters. The van der Waals surface area contributed by atoms with E-state index in [4.69, 9.17) is 23.2 Å². The van der Waals surface area contributed by atoms with Crippen molar-refractivity contribution < 1.29 is 0 Å². The lowest BCUT2D eigenvalue weighted by Crippen LogP contribution is -1.94. The van der Waals surface area contributed by atoms with Crippen LogP contribution < -0.4 is 0 Å². The minimum atomic E-state index is 0.439. The van der Waals surface area contributed by atoms with Gasteiger partial charge in [-0.15, -0.1) is 0 Å². The maximum Gasteiger partial charge on any atom is 0.157 e. The summed E-state index contributed by atoms with van der Waals surface area (Å²) in [6.45, 7) is 2.04. The Hall–Kier alpha value is -2.02. The van der Waals surface area contributed by atoms with Crippen molar-refractivity contribution in [3.05, 3.63) is 69.1 Å². The number of aromatic nitrogens is 2. The molecule has 1 aromatic carbocycles. The molecule has 0 saturated carbocycles. The van der Waals surface area contributed by atoms with E-state index in [1.54, 1.807) is 16.7 Å². The van der Waals surface area contributed by atoms with Crippen LogP contribution in [0.5, 0.6) is 0 Å². The van der Waals surface area contributed by atoms with Gasteiger partial charge in [0.1, 0.15) is 11.8 Å². The van der Waals surface area contributed by atoms with Crippen molar-refractivity contribution in [2.45, 2.75) is 13.3 Å². The van der Waals surface area contributed by atoms with Crippen molar-refractivity contribution in [3.8, 4) is 6.07 Å². The van der Waals surface area contributed by atoms with Crippen LogP contribution in [0, 0.1) is 18.3 Å². The van der Waals surface area contributed by atoms with Crippen LogP contribution in [-0.4, -0.2) is 9.38 Å². The van der Waals surface area contributed by atoms with Crippen molar-refractivity contribution in [1.82, 2.24) is 9.38 Å². The number of fused-ring (bicyclic) bond motifs is 1. The molecular weight excluding hydrogens is 305 g/mol. The normalized spacial score (nSPS) is 10.8. The summed E-state index contributed by atoms with van der Waals surface area (Å²) in [7, 11) is 0. The Balaban J connectivity index is 2.15. The zero-order valence-electron chi connectivity index (χ0n) is 11.3. The van der Waals surface area contributed by atoms with E-state index >= 15 is 0 Å². The van der Waals surface area contributed by atoms with Gasteiger partial charge >= 0.3 is 0 Å². The number of imidazole rings is 1. The van der Waals surface area contributed by atoms with E-state index in [2.05, 4.69) is 17.1 Å². The molecule has 0 aliphatic carbocycles. The van der Waals surface area contributed by atoms with Crippen molar-refractivity contribution in [2.75, 3.05) is 0 Å². The van der Waals surface area contributed by atoms with Crippen LogP contribution in [-0.2, 0) is 6.42 Å². The zero-order valence-corrected chi connectivity index (χ0v) is 12.8. The highest BCUT2D eigenvalue weighted by Gasteiger charge is 2.15. The highest BCUT2D eigenvalue weighted by molar-refractivity contribution is 6.36. The second-order valence-corrected chi connectivity index (χ2v) is 5.73. The van der Waals surface area contributed by atoms with Gasteiger partial charge < -0.3 is 0 Å². The molecule has 0 atom stereocenters. The molecule has 0 amide bonds. The number of benzene rings is 1. The van der Waals surface area contributed by atoms with Gasteiger partial charge in [0.2, 0.25) is 0 Å². The van der Waals surface area contributed by atoms with Crippen molar-refractivity contribution in [3.63, 3.8) is 0 Å². The topological polar surface area (TPSA) is 41.1 Å². The van der Waals surface area contributed by atoms with Crippen LogP contribution in [0.1, 0.15) is 22.5 Å². The van der Waals surface area contributed by atoms with E-state index in [1.165, 1.54) is 5.56 Å². The molecule has 3 aromatic rings. The monoisotopic (exact) mass is 315 g/mol. The molecule has 0 aliphatic heterocycles. The van der Waals surface area contributed by atoms with E-state index in [1.807, 2.05) is 25.1 Å². The van der Waals surface area contributed by atoms with Gasteiger partial charge in [-0.3, -0.25) is 4.40 Å². The molecule has 2 aromatic heterocycles. The quantitative estimate of drug-likeness (QED) is 0.702. The van der Waals surface area contributed by atoms with Gasteiger partial charge in [0.05, 0.1) is 15.7 Å². The highest BCUT2D eigenvalue weighted by atomic mass is 35.5. The molecule has 21 heavy (non-hydrogen) atoms. The largest absolute Gasteiger partial charge is 0.288 e. The van der Waals surface area contributed by atoms with Crippen LogP contribution in [0.2, 0.25) is 10.0 Å². The predicted molar refractivity (Wildman–Crippen MR) is 83.9 cm³/mol. The van der Waals surface area contributed by atoms with Crippen molar-refractivity contribution >= 4 is 28.8 Å². The molecule has 5 heteroatoms. The third-order valence-corrected chi connectivity index (χ3v) is 3.76. The second kappa shape index (κ2) is 5.40. The Kier molecular flexibility index (Phi) is 3.59. The van der Waals surface area contributed by atoms with Gasteiger partial charge in [0.15, 0.2) is 5.65 Å². The number of halogens is 2. The first-order valence-corrected chi connectivity index (χ1v) is 7.15. The zero-order chi connectivity index (χ0) is 15.0. The van der Waals surface area contributed by atoms with E-state index in [9.17, 15) is 5.26 Å². The van der Waals surface area contributed by atoms with Gasteiger partial charge in [-0.1, -0.05) is 53.0 Å². The lowest BCUT2D eigenvalue weighted by Gasteiger charge is -2.00. The van der Waals surface area contributed by atoms with Crippen LogP contribution in [0.25, 0.3) is 5.65 Å². The average Bonchev–Trinajstić information content (AvgIpc) is 2.76. The SMILES string of the molecule is Cc1cccc(Cc2nc3c(Cl)cc(Cl)cn3c2C#N)c1. The lowest BCUT2D eigenvalue weighted by molar-refractivity contribution is 1.08. The maximum absolute atomic E-state index is 9.42. The van der Waals surface area contributed by atoms with Crippen LogP contribution >= 0.6 is 23.2 Å². The Labute approximate surface area is 132 Å². The third kappa shape index (κ3) is 2.61. The van der Waals surface area contributed by atoms with E-state index < -0.39 is 0 Å². The first-order valence-electron chi connectivity index (χ1n) is 6.40. The molecule has 2 heterocycles.